The highest BCUT2D eigenvalue weighted by Gasteiger charge is 2.37. The Morgan fingerprint density at radius 2 is 1.70 bits per heavy atom. The fourth-order valence-corrected chi connectivity index (χ4v) is 4.32. The van der Waals surface area contributed by atoms with E-state index >= 15 is 0 Å². The van der Waals surface area contributed by atoms with E-state index in [0.29, 0.717) is 23.0 Å². The second-order valence-corrected chi connectivity index (χ2v) is 8.58. The molecule has 1 aromatic carbocycles. The molecule has 0 fully saturated rings. The third-order valence-corrected chi connectivity index (χ3v) is 6.20. The van der Waals surface area contributed by atoms with E-state index in [9.17, 15) is 14.7 Å². The van der Waals surface area contributed by atoms with Crippen LogP contribution in [-0.4, -0.2) is 22.0 Å². The van der Waals surface area contributed by atoms with Gasteiger partial charge in [0.15, 0.2) is 5.13 Å². The number of carbonyl (C=O) groups excluding carboxylic acids is 1. The number of amides is 1. The molecule has 2 atom stereocenters. The van der Waals surface area contributed by atoms with Crippen molar-refractivity contribution in [2.75, 3.05) is 5.32 Å². The topological polar surface area (TPSA) is 79.3 Å². The number of nitrogens with one attached hydrogen (secondary N) is 1. The average Bonchev–Trinajstić information content (AvgIpc) is 2.97. The number of carbonyl (C=O) groups is 2. The highest BCUT2D eigenvalue weighted by Crippen LogP contribution is 2.36. The van der Waals surface area contributed by atoms with E-state index in [1.165, 1.54) is 11.3 Å². The second-order valence-electron chi connectivity index (χ2n) is 6.94. The minimum Gasteiger partial charge on any atom is -0.481 e. The van der Waals surface area contributed by atoms with E-state index in [1.54, 1.807) is 12.1 Å². The molecule has 142 valence electrons. The summed E-state index contributed by atoms with van der Waals surface area (Å²) in [4.78, 5) is 29.9. The zero-order chi connectivity index (χ0) is 19.7. The summed E-state index contributed by atoms with van der Waals surface area (Å²) in [6.45, 7) is 5.83. The van der Waals surface area contributed by atoms with Crippen LogP contribution in [0.1, 0.15) is 31.6 Å². The SMILES string of the molecule is CC1=C(C)C[C@@H](C(=O)Nc2nc(-c3ccc(Cl)cc3)c(C)s2)[C@@H](C(=O)O)C1. The van der Waals surface area contributed by atoms with Crippen molar-refractivity contribution in [2.24, 2.45) is 11.8 Å². The van der Waals surface area contributed by atoms with Crippen molar-refractivity contribution in [1.82, 2.24) is 4.98 Å². The third kappa shape index (κ3) is 4.22. The molecule has 0 unspecified atom stereocenters. The molecule has 5 nitrogen and oxygen atoms in total. The first-order chi connectivity index (χ1) is 12.8. The number of hydrogen-bond acceptors (Lipinski definition) is 4. The maximum atomic E-state index is 12.8. The van der Waals surface area contributed by atoms with Crippen molar-refractivity contribution in [3.63, 3.8) is 0 Å². The molecule has 7 heteroatoms. The quantitative estimate of drug-likeness (QED) is 0.690. The molecular weight excluding hydrogens is 384 g/mol. The monoisotopic (exact) mass is 404 g/mol. The smallest absolute Gasteiger partial charge is 0.307 e. The van der Waals surface area contributed by atoms with Gasteiger partial charge in [0.1, 0.15) is 0 Å². The fraction of sp³-hybridized carbons (Fsp3) is 0.350. The van der Waals surface area contributed by atoms with Crippen LogP contribution in [0.2, 0.25) is 5.02 Å². The van der Waals surface area contributed by atoms with Crippen molar-refractivity contribution in [3.8, 4) is 11.3 Å². The van der Waals surface area contributed by atoms with Gasteiger partial charge in [-0.15, -0.1) is 11.3 Å². The molecule has 3 rings (SSSR count). The molecule has 27 heavy (non-hydrogen) atoms. The minimum atomic E-state index is -0.931. The minimum absolute atomic E-state index is 0.286. The number of allylic oxidation sites excluding steroid dienone is 2. The Morgan fingerprint density at radius 3 is 2.30 bits per heavy atom. The summed E-state index contributed by atoms with van der Waals surface area (Å²) in [6, 6.07) is 7.36. The van der Waals surface area contributed by atoms with Crippen LogP contribution in [0, 0.1) is 18.8 Å². The van der Waals surface area contributed by atoms with Crippen LogP contribution in [0.5, 0.6) is 0 Å². The molecule has 0 saturated heterocycles. The van der Waals surface area contributed by atoms with Crippen molar-refractivity contribution in [3.05, 3.63) is 45.3 Å². The molecule has 1 amide bonds. The summed E-state index contributed by atoms with van der Waals surface area (Å²) in [5.74, 6) is -2.51. The summed E-state index contributed by atoms with van der Waals surface area (Å²) in [5.41, 5.74) is 3.85. The number of thiazole rings is 1. The van der Waals surface area contributed by atoms with E-state index in [-0.39, 0.29) is 5.91 Å². The van der Waals surface area contributed by atoms with E-state index in [0.717, 1.165) is 27.3 Å². The lowest BCUT2D eigenvalue weighted by atomic mass is 9.76. The maximum absolute atomic E-state index is 12.8. The summed E-state index contributed by atoms with van der Waals surface area (Å²) < 4.78 is 0. The molecule has 0 aliphatic heterocycles. The lowest BCUT2D eigenvalue weighted by molar-refractivity contribution is -0.146. The fourth-order valence-electron chi connectivity index (χ4n) is 3.35. The van der Waals surface area contributed by atoms with Gasteiger partial charge in [-0.2, -0.15) is 0 Å². The standard InChI is InChI=1S/C20H21ClN2O3S/c1-10-8-15(16(19(25)26)9-11(10)2)18(24)23-20-22-17(12(3)27-20)13-4-6-14(21)7-5-13/h4-7,15-16H,8-9H2,1-3H3,(H,25,26)(H,22,23,24)/t15-,16+/m1/s1. The number of benzene rings is 1. The first-order valence-corrected chi connectivity index (χ1v) is 9.88. The molecule has 0 radical (unpaired) electrons. The molecule has 2 aromatic rings. The van der Waals surface area contributed by atoms with E-state index < -0.39 is 17.8 Å². The predicted octanol–water partition coefficient (Wildman–Crippen LogP) is 5.16. The zero-order valence-corrected chi connectivity index (χ0v) is 16.9. The van der Waals surface area contributed by atoms with Gasteiger partial charge in [0, 0.05) is 15.5 Å². The van der Waals surface area contributed by atoms with Crippen LogP contribution in [0.4, 0.5) is 5.13 Å². The van der Waals surface area contributed by atoms with Crippen LogP contribution in [0.3, 0.4) is 0 Å². The van der Waals surface area contributed by atoms with Gasteiger partial charge in [-0.1, -0.05) is 34.9 Å². The van der Waals surface area contributed by atoms with Crippen LogP contribution >= 0.6 is 22.9 Å². The van der Waals surface area contributed by atoms with Gasteiger partial charge < -0.3 is 10.4 Å². The Balaban J connectivity index is 1.81. The number of anilines is 1. The van der Waals surface area contributed by atoms with Gasteiger partial charge in [-0.3, -0.25) is 9.59 Å². The number of halogens is 1. The largest absolute Gasteiger partial charge is 0.481 e. The number of carboxylic acid groups (broad SMARTS) is 1. The van der Waals surface area contributed by atoms with Crippen LogP contribution < -0.4 is 5.32 Å². The Bertz CT molecular complexity index is 918. The van der Waals surface area contributed by atoms with Crippen molar-refractivity contribution in [2.45, 2.75) is 33.6 Å². The number of carboxylic acids is 1. The van der Waals surface area contributed by atoms with Gasteiger partial charge in [0.05, 0.1) is 17.5 Å². The van der Waals surface area contributed by atoms with E-state index in [4.69, 9.17) is 11.6 Å². The number of aryl methyl sites for hydroxylation is 1. The Labute approximate surface area is 167 Å². The van der Waals surface area contributed by atoms with Crippen molar-refractivity contribution < 1.29 is 14.7 Å². The third-order valence-electron chi connectivity index (χ3n) is 5.06. The average molecular weight is 405 g/mol. The number of hydrogen-bond donors (Lipinski definition) is 2. The molecule has 1 heterocycles. The van der Waals surface area contributed by atoms with Crippen LogP contribution in [0.25, 0.3) is 11.3 Å². The molecule has 0 bridgehead atoms. The van der Waals surface area contributed by atoms with Gasteiger partial charge >= 0.3 is 5.97 Å². The lowest BCUT2D eigenvalue weighted by Gasteiger charge is -2.29. The summed E-state index contributed by atoms with van der Waals surface area (Å²) in [7, 11) is 0. The van der Waals surface area contributed by atoms with E-state index in [2.05, 4.69) is 10.3 Å². The molecule has 1 aliphatic carbocycles. The van der Waals surface area contributed by atoms with Gasteiger partial charge in [0.25, 0.3) is 0 Å². The van der Waals surface area contributed by atoms with Crippen molar-refractivity contribution >= 4 is 39.9 Å². The Hall–Kier alpha value is -2.18. The van der Waals surface area contributed by atoms with Gasteiger partial charge in [-0.25, -0.2) is 4.98 Å². The zero-order valence-electron chi connectivity index (χ0n) is 15.4. The van der Waals surface area contributed by atoms with Crippen LogP contribution in [-0.2, 0) is 9.59 Å². The van der Waals surface area contributed by atoms with Crippen molar-refractivity contribution in [1.29, 1.82) is 0 Å². The Morgan fingerprint density at radius 1 is 1.11 bits per heavy atom. The molecule has 1 aromatic heterocycles. The number of aromatic nitrogens is 1. The number of nitrogens with zero attached hydrogens (tertiary/aromatic N) is 1. The molecular formula is C20H21ClN2O3S. The van der Waals surface area contributed by atoms with Gasteiger partial charge in [0.2, 0.25) is 5.91 Å². The summed E-state index contributed by atoms with van der Waals surface area (Å²) >= 11 is 7.31. The summed E-state index contributed by atoms with van der Waals surface area (Å²) in [5, 5.41) is 13.5. The second kappa shape index (κ2) is 7.82. The number of rotatable bonds is 4. The number of aliphatic carboxylic acids is 1. The normalized spacial score (nSPS) is 19.9. The lowest BCUT2D eigenvalue weighted by Crippen LogP contribution is -2.36. The first kappa shape index (κ1) is 19.6. The maximum Gasteiger partial charge on any atom is 0.307 e. The Kier molecular flexibility index (Phi) is 5.67. The van der Waals surface area contributed by atoms with Gasteiger partial charge in [-0.05, 0) is 45.7 Å². The first-order valence-electron chi connectivity index (χ1n) is 8.68. The highest BCUT2D eigenvalue weighted by molar-refractivity contribution is 7.16. The predicted molar refractivity (Wildman–Crippen MR) is 108 cm³/mol. The highest BCUT2D eigenvalue weighted by atomic mass is 35.5. The molecule has 1 aliphatic rings. The summed E-state index contributed by atoms with van der Waals surface area (Å²) in [6.07, 6.45) is 0.870. The molecule has 0 saturated carbocycles. The molecule has 2 N–H and O–H groups in total. The molecule has 0 spiro atoms. The van der Waals surface area contributed by atoms with E-state index in [1.807, 2.05) is 32.9 Å². The van der Waals surface area contributed by atoms with Crippen LogP contribution in [0.15, 0.2) is 35.4 Å².